The third-order valence-corrected chi connectivity index (χ3v) is 6.66. The first-order chi connectivity index (χ1) is 11.4. The first-order valence-corrected chi connectivity index (χ1v) is 10.0. The lowest BCUT2D eigenvalue weighted by molar-refractivity contribution is 0.0756. The standard InChI is InChI=1S/C17H27N3O3S/c1-14-5-4-6-15(11-14)12-19-16(18-2)20-13-17(24(3,21)22)7-9-23-10-8-17/h4-6,11H,7-10,12-13H2,1-3H3,(H2,18,19,20). The Bertz CT molecular complexity index is 680. The second kappa shape index (κ2) is 7.98. The van der Waals surface area contributed by atoms with Crippen LogP contribution in [0.3, 0.4) is 0 Å². The molecule has 0 bridgehead atoms. The Morgan fingerprint density at radius 1 is 1.29 bits per heavy atom. The summed E-state index contributed by atoms with van der Waals surface area (Å²) in [4.78, 5) is 4.19. The fourth-order valence-corrected chi connectivity index (χ4v) is 4.14. The van der Waals surface area contributed by atoms with Gasteiger partial charge in [-0.25, -0.2) is 8.42 Å². The van der Waals surface area contributed by atoms with E-state index in [0.29, 0.717) is 45.1 Å². The van der Waals surface area contributed by atoms with Crippen LogP contribution < -0.4 is 10.6 Å². The molecule has 0 atom stereocenters. The number of guanidine groups is 1. The van der Waals surface area contributed by atoms with E-state index in [9.17, 15) is 8.42 Å². The minimum absolute atomic E-state index is 0.336. The van der Waals surface area contributed by atoms with Crippen molar-refractivity contribution in [3.63, 3.8) is 0 Å². The van der Waals surface area contributed by atoms with E-state index in [2.05, 4.69) is 34.7 Å². The number of hydrogen-bond donors (Lipinski definition) is 2. The highest BCUT2D eigenvalue weighted by atomic mass is 32.2. The van der Waals surface area contributed by atoms with Gasteiger partial charge in [-0.15, -0.1) is 0 Å². The van der Waals surface area contributed by atoms with E-state index in [1.54, 1.807) is 7.05 Å². The first kappa shape index (κ1) is 18.7. The number of hydrogen-bond acceptors (Lipinski definition) is 4. The Labute approximate surface area is 144 Å². The van der Waals surface area contributed by atoms with Crippen LogP contribution in [0.5, 0.6) is 0 Å². The maximum absolute atomic E-state index is 12.3. The average Bonchev–Trinajstić information content (AvgIpc) is 2.55. The van der Waals surface area contributed by atoms with E-state index >= 15 is 0 Å². The SMILES string of the molecule is CN=C(NCc1cccc(C)c1)NCC1(S(C)(=O)=O)CCOCC1. The molecule has 1 aliphatic heterocycles. The second-order valence-electron chi connectivity index (χ2n) is 6.34. The lowest BCUT2D eigenvalue weighted by Crippen LogP contribution is -2.53. The Hall–Kier alpha value is -1.60. The molecule has 1 aromatic rings. The molecule has 0 unspecified atom stereocenters. The Morgan fingerprint density at radius 3 is 2.58 bits per heavy atom. The zero-order valence-electron chi connectivity index (χ0n) is 14.6. The fourth-order valence-electron chi connectivity index (χ4n) is 2.90. The number of rotatable bonds is 5. The van der Waals surface area contributed by atoms with E-state index in [-0.39, 0.29) is 0 Å². The van der Waals surface area contributed by atoms with Gasteiger partial charge in [-0.3, -0.25) is 4.99 Å². The van der Waals surface area contributed by atoms with E-state index < -0.39 is 14.6 Å². The summed E-state index contributed by atoms with van der Waals surface area (Å²) in [5, 5.41) is 6.41. The summed E-state index contributed by atoms with van der Waals surface area (Å²) in [6.07, 6.45) is 2.32. The van der Waals surface area contributed by atoms with Crippen molar-refractivity contribution in [3.05, 3.63) is 35.4 Å². The molecule has 1 saturated heterocycles. The molecule has 1 aromatic carbocycles. The second-order valence-corrected chi connectivity index (χ2v) is 8.75. The number of aliphatic imine (C=N–C) groups is 1. The third kappa shape index (κ3) is 4.70. The molecule has 6 nitrogen and oxygen atoms in total. The van der Waals surface area contributed by atoms with Crippen LogP contribution in [0.4, 0.5) is 0 Å². The molecule has 1 fully saturated rings. The summed E-state index contributed by atoms with van der Waals surface area (Å²) in [6, 6.07) is 8.22. The zero-order valence-corrected chi connectivity index (χ0v) is 15.4. The maximum atomic E-state index is 12.3. The fraction of sp³-hybridized carbons (Fsp3) is 0.588. The van der Waals surface area contributed by atoms with Crippen LogP contribution in [0.2, 0.25) is 0 Å². The van der Waals surface area contributed by atoms with Crippen LogP contribution in [0.15, 0.2) is 29.3 Å². The summed E-state index contributed by atoms with van der Waals surface area (Å²) in [5.74, 6) is 0.603. The zero-order chi connectivity index (χ0) is 17.6. The van der Waals surface area contributed by atoms with Crippen LogP contribution >= 0.6 is 0 Å². The lowest BCUT2D eigenvalue weighted by Gasteiger charge is -2.35. The number of nitrogens with zero attached hydrogens (tertiary/aromatic N) is 1. The molecule has 134 valence electrons. The number of nitrogens with one attached hydrogen (secondary N) is 2. The summed E-state index contributed by atoms with van der Waals surface area (Å²) in [5.41, 5.74) is 2.36. The van der Waals surface area contributed by atoms with E-state index in [1.807, 2.05) is 12.1 Å². The molecule has 0 radical (unpaired) electrons. The number of sulfone groups is 1. The molecule has 7 heteroatoms. The van der Waals surface area contributed by atoms with Crippen molar-refractivity contribution in [2.75, 3.05) is 33.1 Å². The Kier molecular flexibility index (Phi) is 6.23. The third-order valence-electron chi connectivity index (χ3n) is 4.53. The smallest absolute Gasteiger partial charge is 0.191 e. The van der Waals surface area contributed by atoms with Gasteiger partial charge in [0.2, 0.25) is 0 Å². The minimum atomic E-state index is -3.19. The van der Waals surface area contributed by atoms with E-state index in [1.165, 1.54) is 11.8 Å². The normalized spacial score (nSPS) is 18.2. The summed E-state index contributed by atoms with van der Waals surface area (Å²) in [7, 11) is -1.51. The van der Waals surface area contributed by atoms with Gasteiger partial charge in [-0.2, -0.15) is 0 Å². The molecular formula is C17H27N3O3S. The number of benzene rings is 1. The molecular weight excluding hydrogens is 326 g/mol. The largest absolute Gasteiger partial charge is 0.381 e. The molecule has 2 N–H and O–H groups in total. The molecule has 24 heavy (non-hydrogen) atoms. The predicted octanol–water partition coefficient (Wildman–Crippen LogP) is 1.25. The van der Waals surface area contributed by atoms with Crippen molar-refractivity contribution in [1.29, 1.82) is 0 Å². The van der Waals surface area contributed by atoms with E-state index in [0.717, 1.165) is 5.56 Å². The van der Waals surface area contributed by atoms with Crippen molar-refractivity contribution in [1.82, 2.24) is 10.6 Å². The van der Waals surface area contributed by atoms with Crippen LogP contribution in [0.25, 0.3) is 0 Å². The van der Waals surface area contributed by atoms with Gasteiger partial charge in [-0.1, -0.05) is 29.8 Å². The molecule has 0 spiro atoms. The molecule has 0 aliphatic carbocycles. The van der Waals surface area contributed by atoms with Gasteiger partial charge < -0.3 is 15.4 Å². The van der Waals surface area contributed by atoms with Crippen molar-refractivity contribution >= 4 is 15.8 Å². The molecule has 1 heterocycles. The van der Waals surface area contributed by atoms with Gasteiger partial charge in [0, 0.05) is 39.6 Å². The minimum Gasteiger partial charge on any atom is -0.381 e. The maximum Gasteiger partial charge on any atom is 0.191 e. The van der Waals surface area contributed by atoms with Crippen molar-refractivity contribution in [2.24, 2.45) is 4.99 Å². The first-order valence-electron chi connectivity index (χ1n) is 8.14. The van der Waals surface area contributed by atoms with Crippen LogP contribution in [0, 0.1) is 6.92 Å². The van der Waals surface area contributed by atoms with Gasteiger partial charge in [-0.05, 0) is 25.3 Å². The molecule has 0 aromatic heterocycles. The monoisotopic (exact) mass is 353 g/mol. The summed E-state index contributed by atoms with van der Waals surface area (Å²) in [6.45, 7) is 3.98. The Morgan fingerprint density at radius 2 is 2.00 bits per heavy atom. The van der Waals surface area contributed by atoms with Crippen molar-refractivity contribution < 1.29 is 13.2 Å². The van der Waals surface area contributed by atoms with E-state index in [4.69, 9.17) is 4.74 Å². The summed E-state index contributed by atoms with van der Waals surface area (Å²) >= 11 is 0. The molecule has 0 amide bonds. The van der Waals surface area contributed by atoms with Gasteiger partial charge in [0.15, 0.2) is 15.8 Å². The quantitative estimate of drug-likeness (QED) is 0.615. The predicted molar refractivity (Wildman–Crippen MR) is 97.0 cm³/mol. The van der Waals surface area contributed by atoms with Crippen LogP contribution in [-0.2, 0) is 21.1 Å². The molecule has 1 aliphatic rings. The van der Waals surface area contributed by atoms with Crippen LogP contribution in [0.1, 0.15) is 24.0 Å². The van der Waals surface area contributed by atoms with Crippen LogP contribution in [-0.4, -0.2) is 52.2 Å². The molecule has 0 saturated carbocycles. The van der Waals surface area contributed by atoms with Gasteiger partial charge in [0.1, 0.15) is 0 Å². The number of ether oxygens (including phenoxy) is 1. The summed E-state index contributed by atoms with van der Waals surface area (Å²) < 4.78 is 29.1. The van der Waals surface area contributed by atoms with Gasteiger partial charge in [0.25, 0.3) is 0 Å². The highest BCUT2D eigenvalue weighted by molar-refractivity contribution is 7.92. The highest BCUT2D eigenvalue weighted by Crippen LogP contribution is 2.28. The lowest BCUT2D eigenvalue weighted by atomic mass is 9.99. The topological polar surface area (TPSA) is 79.8 Å². The highest BCUT2D eigenvalue weighted by Gasteiger charge is 2.42. The van der Waals surface area contributed by atoms with Gasteiger partial charge >= 0.3 is 0 Å². The van der Waals surface area contributed by atoms with Crippen molar-refractivity contribution in [2.45, 2.75) is 31.1 Å². The Balaban J connectivity index is 1.97. The van der Waals surface area contributed by atoms with Crippen molar-refractivity contribution in [3.8, 4) is 0 Å². The van der Waals surface area contributed by atoms with Gasteiger partial charge in [0.05, 0.1) is 4.75 Å². The average molecular weight is 353 g/mol. The molecule has 2 rings (SSSR count). The number of aryl methyl sites for hydroxylation is 1.